The van der Waals surface area contributed by atoms with Crippen molar-refractivity contribution in [2.75, 3.05) is 19.7 Å². The highest BCUT2D eigenvalue weighted by Gasteiger charge is 2.21. The molecule has 0 unspecified atom stereocenters. The van der Waals surface area contributed by atoms with Crippen LogP contribution in [0.15, 0.2) is 0 Å². The van der Waals surface area contributed by atoms with E-state index < -0.39 is 11.9 Å². The molecule has 1 aliphatic heterocycles. The number of ketones is 1. The zero-order chi connectivity index (χ0) is 8.97. The van der Waals surface area contributed by atoms with Crippen molar-refractivity contribution in [1.82, 2.24) is 4.90 Å². The first-order chi connectivity index (χ1) is 5.74. The van der Waals surface area contributed by atoms with Gasteiger partial charge in [-0.3, -0.25) is 9.59 Å². The lowest BCUT2D eigenvalue weighted by Crippen LogP contribution is -2.27. The fraction of sp³-hybridized carbons (Fsp3) is 0.571. The summed E-state index contributed by atoms with van der Waals surface area (Å²) in [6.45, 7) is 1.15. The Morgan fingerprint density at radius 2 is 2.42 bits per heavy atom. The van der Waals surface area contributed by atoms with Gasteiger partial charge in [0.25, 0.3) is 0 Å². The normalized spacial score (nSPS) is 16.0. The summed E-state index contributed by atoms with van der Waals surface area (Å²) in [4.78, 5) is 32.6. The molecule has 5 nitrogen and oxygen atoms in total. The van der Waals surface area contributed by atoms with E-state index >= 15 is 0 Å². The number of amides is 1. The van der Waals surface area contributed by atoms with Gasteiger partial charge in [0.1, 0.15) is 6.61 Å². The van der Waals surface area contributed by atoms with Crippen LogP contribution in [0.25, 0.3) is 0 Å². The van der Waals surface area contributed by atoms with E-state index in [1.807, 2.05) is 0 Å². The van der Waals surface area contributed by atoms with Crippen LogP contribution < -0.4 is 0 Å². The van der Waals surface area contributed by atoms with Gasteiger partial charge in [0.05, 0.1) is 6.54 Å². The first-order valence-electron chi connectivity index (χ1n) is 3.64. The fourth-order valence-corrected chi connectivity index (χ4v) is 0.933. The molecule has 1 rings (SSSR count). The molecule has 0 radical (unpaired) electrons. The molecule has 0 bridgehead atoms. The van der Waals surface area contributed by atoms with Crippen molar-refractivity contribution in [1.29, 1.82) is 0 Å². The number of cyclic esters (lactones) is 1. The number of rotatable bonds is 4. The van der Waals surface area contributed by atoms with E-state index in [4.69, 9.17) is 0 Å². The lowest BCUT2D eigenvalue weighted by Gasteiger charge is -2.09. The molecule has 0 aromatic carbocycles. The zero-order valence-corrected chi connectivity index (χ0v) is 6.49. The van der Waals surface area contributed by atoms with Crippen LogP contribution in [0.1, 0.15) is 6.42 Å². The van der Waals surface area contributed by atoms with Crippen LogP contribution in [-0.4, -0.2) is 42.8 Å². The third kappa shape index (κ3) is 2.05. The van der Waals surface area contributed by atoms with Crippen LogP contribution in [0.4, 0.5) is 4.79 Å². The Bertz CT molecular complexity index is 213. The summed E-state index contributed by atoms with van der Waals surface area (Å²) < 4.78 is 4.62. The molecule has 1 heterocycles. The monoisotopic (exact) mass is 171 g/mol. The van der Waals surface area contributed by atoms with Crippen LogP contribution in [0, 0.1) is 0 Å². The third-order valence-electron chi connectivity index (χ3n) is 1.60. The predicted octanol–water partition coefficient (Wildman–Crippen LogP) is -0.403. The standard InChI is InChI=1S/C7H9NO4/c9-5-6(10)1-2-8-3-4-12-7(8)11/h5H,1-4H2. The summed E-state index contributed by atoms with van der Waals surface area (Å²) in [5, 5.41) is 0. The Kier molecular flexibility index (Phi) is 2.79. The van der Waals surface area contributed by atoms with Gasteiger partial charge >= 0.3 is 6.09 Å². The Morgan fingerprint density at radius 1 is 1.67 bits per heavy atom. The number of Topliss-reactive ketones (excluding diaryl/α,β-unsaturated/α-hetero) is 1. The summed E-state index contributed by atoms with van der Waals surface area (Å²) in [5.74, 6) is -0.491. The second kappa shape index (κ2) is 3.85. The average Bonchev–Trinajstić information content (AvgIpc) is 2.47. The molecule has 66 valence electrons. The van der Waals surface area contributed by atoms with E-state index in [0.29, 0.717) is 13.2 Å². The smallest absolute Gasteiger partial charge is 0.409 e. The van der Waals surface area contributed by atoms with Crippen LogP contribution >= 0.6 is 0 Å². The lowest BCUT2D eigenvalue weighted by atomic mass is 10.3. The van der Waals surface area contributed by atoms with Gasteiger partial charge in [0.15, 0.2) is 12.1 Å². The third-order valence-corrected chi connectivity index (χ3v) is 1.60. The van der Waals surface area contributed by atoms with Crippen molar-refractivity contribution < 1.29 is 19.1 Å². The molecule has 12 heavy (non-hydrogen) atoms. The van der Waals surface area contributed by atoms with Crippen molar-refractivity contribution in [2.24, 2.45) is 0 Å². The topological polar surface area (TPSA) is 63.7 Å². The van der Waals surface area contributed by atoms with Crippen LogP contribution in [-0.2, 0) is 14.3 Å². The molecule has 1 amide bonds. The van der Waals surface area contributed by atoms with E-state index in [2.05, 4.69) is 4.74 Å². The zero-order valence-electron chi connectivity index (χ0n) is 6.49. The molecule has 0 aliphatic carbocycles. The molecule has 5 heteroatoms. The Labute approximate surface area is 69.3 Å². The van der Waals surface area contributed by atoms with Crippen molar-refractivity contribution in [3.8, 4) is 0 Å². The molecular weight excluding hydrogens is 162 g/mol. The first kappa shape index (κ1) is 8.70. The van der Waals surface area contributed by atoms with E-state index in [1.165, 1.54) is 4.90 Å². The molecule has 0 N–H and O–H groups in total. The van der Waals surface area contributed by atoms with E-state index in [-0.39, 0.29) is 19.3 Å². The number of carbonyl (C=O) groups is 3. The fourth-order valence-electron chi connectivity index (χ4n) is 0.933. The van der Waals surface area contributed by atoms with Gasteiger partial charge in [-0.05, 0) is 0 Å². The second-order valence-corrected chi connectivity index (χ2v) is 2.44. The molecule has 0 atom stereocenters. The minimum absolute atomic E-state index is 0.0819. The molecule has 1 aliphatic rings. The van der Waals surface area contributed by atoms with E-state index in [1.54, 1.807) is 0 Å². The summed E-state index contributed by atoms with van der Waals surface area (Å²) in [6, 6.07) is 0. The highest BCUT2D eigenvalue weighted by atomic mass is 16.6. The molecule has 0 spiro atoms. The molecule has 0 aromatic heterocycles. The van der Waals surface area contributed by atoms with Gasteiger partial charge in [-0.2, -0.15) is 0 Å². The van der Waals surface area contributed by atoms with E-state index in [9.17, 15) is 14.4 Å². The SMILES string of the molecule is O=CC(=O)CCN1CCOC1=O. The maximum Gasteiger partial charge on any atom is 0.409 e. The maximum atomic E-state index is 10.8. The Hall–Kier alpha value is -1.39. The molecular formula is C7H9NO4. The minimum atomic E-state index is -0.491. The number of carbonyl (C=O) groups excluding carboxylic acids is 3. The molecule has 0 aromatic rings. The summed E-state index contributed by atoms with van der Waals surface area (Å²) in [6.07, 6.45) is -0.0614. The van der Waals surface area contributed by atoms with Crippen LogP contribution in [0.2, 0.25) is 0 Å². The first-order valence-corrected chi connectivity index (χ1v) is 3.64. The Balaban J connectivity index is 2.27. The second-order valence-electron chi connectivity index (χ2n) is 2.44. The van der Waals surface area contributed by atoms with Gasteiger partial charge in [0.2, 0.25) is 0 Å². The molecule has 0 saturated carbocycles. The van der Waals surface area contributed by atoms with Crippen molar-refractivity contribution in [3.63, 3.8) is 0 Å². The number of aldehydes is 1. The van der Waals surface area contributed by atoms with Crippen LogP contribution in [0.3, 0.4) is 0 Å². The van der Waals surface area contributed by atoms with Gasteiger partial charge < -0.3 is 9.64 Å². The van der Waals surface area contributed by atoms with Gasteiger partial charge in [-0.1, -0.05) is 0 Å². The van der Waals surface area contributed by atoms with Crippen molar-refractivity contribution >= 4 is 18.2 Å². The highest BCUT2D eigenvalue weighted by Crippen LogP contribution is 2.03. The predicted molar refractivity (Wildman–Crippen MR) is 38.6 cm³/mol. The lowest BCUT2D eigenvalue weighted by molar-refractivity contribution is -0.129. The molecule has 1 fully saturated rings. The number of hydrogen-bond acceptors (Lipinski definition) is 4. The maximum absolute atomic E-state index is 10.8. The molecule has 1 saturated heterocycles. The minimum Gasteiger partial charge on any atom is -0.448 e. The largest absolute Gasteiger partial charge is 0.448 e. The van der Waals surface area contributed by atoms with E-state index in [0.717, 1.165) is 0 Å². The summed E-state index contributed by atoms with van der Waals surface area (Å²) in [7, 11) is 0. The number of ether oxygens (including phenoxy) is 1. The summed E-state index contributed by atoms with van der Waals surface area (Å²) >= 11 is 0. The average molecular weight is 171 g/mol. The quantitative estimate of drug-likeness (QED) is 0.426. The van der Waals surface area contributed by atoms with Gasteiger partial charge in [-0.25, -0.2) is 4.79 Å². The number of hydrogen-bond donors (Lipinski definition) is 0. The van der Waals surface area contributed by atoms with Crippen LogP contribution in [0.5, 0.6) is 0 Å². The Morgan fingerprint density at radius 3 is 2.92 bits per heavy atom. The van der Waals surface area contributed by atoms with Crippen molar-refractivity contribution in [2.45, 2.75) is 6.42 Å². The van der Waals surface area contributed by atoms with Crippen molar-refractivity contribution in [3.05, 3.63) is 0 Å². The highest BCUT2D eigenvalue weighted by molar-refractivity contribution is 6.24. The number of nitrogens with zero attached hydrogens (tertiary/aromatic N) is 1. The van der Waals surface area contributed by atoms with Gasteiger partial charge in [0, 0.05) is 13.0 Å². The summed E-state index contributed by atoms with van der Waals surface area (Å²) in [5.41, 5.74) is 0. The van der Waals surface area contributed by atoms with Gasteiger partial charge in [-0.15, -0.1) is 0 Å².